The van der Waals surface area contributed by atoms with E-state index in [9.17, 15) is 0 Å². The molecule has 1 unspecified atom stereocenters. The molecule has 0 bridgehead atoms. The first-order valence-corrected chi connectivity index (χ1v) is 11.0. The highest BCUT2D eigenvalue weighted by molar-refractivity contribution is 4.96. The number of hydrogen-bond donors (Lipinski definition) is 0. The maximum Gasteiger partial charge on any atom is 0.101 e. The Morgan fingerprint density at radius 3 is 1.62 bits per heavy atom. The summed E-state index contributed by atoms with van der Waals surface area (Å²) in [6.07, 6.45) is 24.8. The molecule has 0 radical (unpaired) electrons. The molecule has 0 amide bonds. The maximum absolute atomic E-state index is 2.62. The van der Waals surface area contributed by atoms with Crippen LogP contribution in [-0.2, 0) is 0 Å². The average Bonchev–Trinajstić information content (AvgIpc) is 2.96. The van der Waals surface area contributed by atoms with Crippen LogP contribution in [-0.4, -0.2) is 29.1 Å². The van der Waals surface area contributed by atoms with Crippen molar-refractivity contribution in [3.05, 3.63) is 12.4 Å². The van der Waals surface area contributed by atoms with Crippen molar-refractivity contribution in [2.75, 3.05) is 13.1 Å². The number of rotatable bonds is 16. The van der Waals surface area contributed by atoms with Crippen LogP contribution in [0.15, 0.2) is 12.4 Å². The standard InChI is InChI=1S/C22H44N2/c1-4-7-9-11-12-13-14-16-19-24-21-20-23(18-6-3)22(24)17-15-10-8-5-2/h20-22H,4-19H2,1-3H3. The third-order valence-corrected chi connectivity index (χ3v) is 5.28. The first-order chi connectivity index (χ1) is 11.8. The zero-order chi connectivity index (χ0) is 17.5. The summed E-state index contributed by atoms with van der Waals surface area (Å²) in [5.74, 6) is 0. The van der Waals surface area contributed by atoms with Crippen molar-refractivity contribution in [2.24, 2.45) is 0 Å². The summed E-state index contributed by atoms with van der Waals surface area (Å²) in [5.41, 5.74) is 0. The Balaban J connectivity index is 2.19. The van der Waals surface area contributed by atoms with Crippen molar-refractivity contribution < 1.29 is 0 Å². The Hall–Kier alpha value is -0.660. The molecular formula is C22H44N2. The van der Waals surface area contributed by atoms with Crippen molar-refractivity contribution >= 4 is 0 Å². The lowest BCUT2D eigenvalue weighted by atomic mass is 10.1. The van der Waals surface area contributed by atoms with E-state index in [-0.39, 0.29) is 0 Å². The van der Waals surface area contributed by atoms with Gasteiger partial charge in [-0.05, 0) is 25.7 Å². The molecule has 1 heterocycles. The summed E-state index contributed by atoms with van der Waals surface area (Å²) in [6.45, 7) is 9.36. The topological polar surface area (TPSA) is 6.48 Å². The minimum Gasteiger partial charge on any atom is -0.356 e. The van der Waals surface area contributed by atoms with Gasteiger partial charge in [-0.15, -0.1) is 0 Å². The van der Waals surface area contributed by atoms with Crippen molar-refractivity contribution in [2.45, 2.75) is 117 Å². The lowest BCUT2D eigenvalue weighted by molar-refractivity contribution is 0.137. The largest absolute Gasteiger partial charge is 0.356 e. The van der Waals surface area contributed by atoms with Gasteiger partial charge in [0.2, 0.25) is 0 Å². The van der Waals surface area contributed by atoms with Gasteiger partial charge in [-0.1, -0.05) is 85.0 Å². The van der Waals surface area contributed by atoms with Crippen LogP contribution >= 0.6 is 0 Å². The molecule has 1 atom stereocenters. The number of unbranched alkanes of at least 4 members (excludes halogenated alkanes) is 10. The molecule has 2 nitrogen and oxygen atoms in total. The van der Waals surface area contributed by atoms with E-state index >= 15 is 0 Å². The summed E-state index contributed by atoms with van der Waals surface area (Å²) in [7, 11) is 0. The van der Waals surface area contributed by atoms with Crippen molar-refractivity contribution in [1.82, 2.24) is 9.80 Å². The molecule has 0 saturated carbocycles. The van der Waals surface area contributed by atoms with Gasteiger partial charge in [0.05, 0.1) is 0 Å². The van der Waals surface area contributed by atoms with Gasteiger partial charge in [-0.2, -0.15) is 0 Å². The van der Waals surface area contributed by atoms with E-state index in [1.165, 1.54) is 103 Å². The predicted molar refractivity (Wildman–Crippen MR) is 108 cm³/mol. The summed E-state index contributed by atoms with van der Waals surface area (Å²) >= 11 is 0. The molecule has 0 aromatic heterocycles. The molecule has 1 aliphatic rings. The lowest BCUT2D eigenvalue weighted by Crippen LogP contribution is -2.39. The minimum atomic E-state index is 0.645. The smallest absolute Gasteiger partial charge is 0.101 e. The summed E-state index contributed by atoms with van der Waals surface area (Å²) < 4.78 is 0. The van der Waals surface area contributed by atoms with Crippen molar-refractivity contribution in [3.8, 4) is 0 Å². The molecule has 1 aliphatic heterocycles. The van der Waals surface area contributed by atoms with Gasteiger partial charge in [0, 0.05) is 25.5 Å². The predicted octanol–water partition coefficient (Wildman–Crippen LogP) is 6.92. The minimum absolute atomic E-state index is 0.645. The maximum atomic E-state index is 2.62. The number of hydrogen-bond acceptors (Lipinski definition) is 2. The van der Waals surface area contributed by atoms with E-state index in [4.69, 9.17) is 0 Å². The van der Waals surface area contributed by atoms with Crippen LogP contribution in [0.1, 0.15) is 111 Å². The molecule has 24 heavy (non-hydrogen) atoms. The molecule has 0 N–H and O–H groups in total. The van der Waals surface area contributed by atoms with E-state index in [0.717, 1.165) is 0 Å². The van der Waals surface area contributed by atoms with Gasteiger partial charge in [-0.3, -0.25) is 0 Å². The van der Waals surface area contributed by atoms with Crippen LogP contribution in [0.25, 0.3) is 0 Å². The fraction of sp³-hybridized carbons (Fsp3) is 0.909. The van der Waals surface area contributed by atoms with Gasteiger partial charge in [0.15, 0.2) is 0 Å². The molecule has 0 aromatic rings. The molecule has 0 aromatic carbocycles. The highest BCUT2D eigenvalue weighted by atomic mass is 15.4. The molecule has 2 heteroatoms. The van der Waals surface area contributed by atoms with Crippen LogP contribution in [0.5, 0.6) is 0 Å². The van der Waals surface area contributed by atoms with Gasteiger partial charge < -0.3 is 9.80 Å². The van der Waals surface area contributed by atoms with Crippen LogP contribution in [0.2, 0.25) is 0 Å². The Kier molecular flexibility index (Phi) is 13.1. The van der Waals surface area contributed by atoms with Crippen LogP contribution in [0.3, 0.4) is 0 Å². The van der Waals surface area contributed by atoms with Gasteiger partial charge in [0.25, 0.3) is 0 Å². The highest BCUT2D eigenvalue weighted by Crippen LogP contribution is 2.22. The zero-order valence-corrected chi connectivity index (χ0v) is 16.9. The fourth-order valence-corrected chi connectivity index (χ4v) is 3.78. The van der Waals surface area contributed by atoms with Crippen molar-refractivity contribution in [3.63, 3.8) is 0 Å². The van der Waals surface area contributed by atoms with Crippen molar-refractivity contribution in [1.29, 1.82) is 0 Å². The number of nitrogens with zero attached hydrogens (tertiary/aromatic N) is 2. The molecule has 0 saturated heterocycles. The first-order valence-electron chi connectivity index (χ1n) is 11.0. The van der Waals surface area contributed by atoms with Crippen LogP contribution in [0, 0.1) is 0 Å². The highest BCUT2D eigenvalue weighted by Gasteiger charge is 2.24. The molecule has 142 valence electrons. The third-order valence-electron chi connectivity index (χ3n) is 5.28. The molecule has 1 rings (SSSR count). The average molecular weight is 337 g/mol. The van der Waals surface area contributed by atoms with E-state index in [1.54, 1.807) is 0 Å². The zero-order valence-electron chi connectivity index (χ0n) is 16.9. The van der Waals surface area contributed by atoms with Gasteiger partial charge in [-0.25, -0.2) is 0 Å². The second kappa shape index (κ2) is 14.7. The fourth-order valence-electron chi connectivity index (χ4n) is 3.78. The Morgan fingerprint density at radius 1 is 0.542 bits per heavy atom. The summed E-state index contributed by atoms with van der Waals surface area (Å²) in [4.78, 5) is 5.20. The Bertz CT molecular complexity index is 300. The van der Waals surface area contributed by atoms with Crippen LogP contribution < -0.4 is 0 Å². The molecule has 0 fully saturated rings. The van der Waals surface area contributed by atoms with E-state index < -0.39 is 0 Å². The second-order valence-electron chi connectivity index (χ2n) is 7.58. The normalized spacial score (nSPS) is 17.2. The SMILES string of the molecule is CCCCCCCCCCN1C=CN(CCC)C1CCCCCC. The Morgan fingerprint density at radius 2 is 1.04 bits per heavy atom. The van der Waals surface area contributed by atoms with Crippen LogP contribution in [0.4, 0.5) is 0 Å². The van der Waals surface area contributed by atoms with Gasteiger partial charge in [0.1, 0.15) is 6.17 Å². The van der Waals surface area contributed by atoms with E-state index in [2.05, 4.69) is 43.0 Å². The first kappa shape index (κ1) is 21.4. The lowest BCUT2D eigenvalue weighted by Gasteiger charge is -2.33. The summed E-state index contributed by atoms with van der Waals surface area (Å²) in [6, 6.07) is 0. The molecule has 0 aliphatic carbocycles. The Labute approximate surface area is 152 Å². The van der Waals surface area contributed by atoms with E-state index in [1.807, 2.05) is 0 Å². The molecular weight excluding hydrogens is 292 g/mol. The quantitative estimate of drug-likeness (QED) is 0.282. The van der Waals surface area contributed by atoms with E-state index in [0.29, 0.717) is 6.17 Å². The second-order valence-corrected chi connectivity index (χ2v) is 7.58. The monoisotopic (exact) mass is 336 g/mol. The molecule has 0 spiro atoms. The third kappa shape index (κ3) is 8.99. The summed E-state index contributed by atoms with van der Waals surface area (Å²) in [5, 5.41) is 0. The van der Waals surface area contributed by atoms with Gasteiger partial charge >= 0.3 is 0 Å².